The molecular weight excluding hydrogens is 397 g/mol. The van der Waals surface area contributed by atoms with E-state index < -0.39 is 23.7 Å². The molecule has 0 bridgehead atoms. The van der Waals surface area contributed by atoms with Crippen LogP contribution in [0.5, 0.6) is 5.75 Å². The fraction of sp³-hybridized carbons (Fsp3) is 0.409. The first-order valence-electron chi connectivity index (χ1n) is 9.24. The zero-order chi connectivity index (χ0) is 20.9. The van der Waals surface area contributed by atoms with Crippen molar-refractivity contribution in [1.82, 2.24) is 0 Å². The van der Waals surface area contributed by atoms with Crippen LogP contribution in [0, 0.1) is 5.92 Å². The zero-order valence-electron chi connectivity index (χ0n) is 16.6. The summed E-state index contributed by atoms with van der Waals surface area (Å²) < 4.78 is 11.9. The summed E-state index contributed by atoms with van der Waals surface area (Å²) in [6, 6.07) is 14.4. The Balaban J connectivity index is 2.30. The van der Waals surface area contributed by atoms with E-state index in [2.05, 4.69) is 0 Å². The van der Waals surface area contributed by atoms with Crippen molar-refractivity contribution in [2.75, 3.05) is 0 Å². The molecule has 6 heteroatoms. The van der Waals surface area contributed by atoms with Crippen molar-refractivity contribution < 1.29 is 14.3 Å². The largest absolute Gasteiger partial charge is 0.486 e. The summed E-state index contributed by atoms with van der Waals surface area (Å²) in [5.41, 5.74) is 6.10. The van der Waals surface area contributed by atoms with E-state index in [1.165, 1.54) is 0 Å². The van der Waals surface area contributed by atoms with E-state index in [-0.39, 0.29) is 5.92 Å². The quantitative estimate of drug-likeness (QED) is 0.585. The fourth-order valence-corrected chi connectivity index (χ4v) is 3.58. The van der Waals surface area contributed by atoms with Gasteiger partial charge in [0.05, 0.1) is 5.02 Å². The van der Waals surface area contributed by atoms with Gasteiger partial charge in [-0.05, 0) is 57.9 Å². The zero-order valence-corrected chi connectivity index (χ0v) is 18.1. The van der Waals surface area contributed by atoms with Crippen LogP contribution in [-0.4, -0.2) is 23.7 Å². The van der Waals surface area contributed by atoms with Gasteiger partial charge in [-0.15, -0.1) is 0 Å². The van der Waals surface area contributed by atoms with Gasteiger partial charge < -0.3 is 15.2 Å². The minimum atomic E-state index is -0.690. The molecule has 0 aromatic heterocycles. The summed E-state index contributed by atoms with van der Waals surface area (Å²) in [7, 11) is 0. The molecule has 3 atom stereocenters. The van der Waals surface area contributed by atoms with Crippen molar-refractivity contribution in [3.05, 3.63) is 64.1 Å². The van der Waals surface area contributed by atoms with E-state index in [1.807, 2.05) is 51.1 Å². The van der Waals surface area contributed by atoms with Gasteiger partial charge in [-0.3, -0.25) is 4.79 Å². The van der Waals surface area contributed by atoms with E-state index in [1.54, 1.807) is 25.1 Å². The summed E-state index contributed by atoms with van der Waals surface area (Å²) in [6.07, 6.45) is 0.242. The number of carbonyl (C=O) groups excluding carboxylic acids is 1. The maximum Gasteiger partial charge on any atom is 0.322 e. The Kier molecular flexibility index (Phi) is 7.76. The van der Waals surface area contributed by atoms with Gasteiger partial charge >= 0.3 is 5.97 Å². The summed E-state index contributed by atoms with van der Waals surface area (Å²) in [6.45, 7) is 7.39. The average molecular weight is 424 g/mol. The lowest BCUT2D eigenvalue weighted by Gasteiger charge is -2.38. The number of halogens is 2. The molecule has 0 amide bonds. The highest BCUT2D eigenvalue weighted by Gasteiger charge is 2.38. The Labute approximate surface area is 176 Å². The van der Waals surface area contributed by atoms with E-state index in [4.69, 9.17) is 38.4 Å². The highest BCUT2D eigenvalue weighted by Crippen LogP contribution is 2.35. The molecule has 0 aliphatic heterocycles. The van der Waals surface area contributed by atoms with E-state index in [9.17, 15) is 4.79 Å². The molecule has 0 saturated carbocycles. The number of ether oxygens (including phenoxy) is 2. The smallest absolute Gasteiger partial charge is 0.322 e. The molecule has 28 heavy (non-hydrogen) atoms. The second-order valence-corrected chi connectivity index (χ2v) is 8.35. The standard InChI is InChI=1S/C22H27Cl2NO3/c1-14(25)21(26)27-15(2)18(12-16-8-6-5-7-9-16)22(3,4)28-20-11-10-17(23)13-19(20)24/h5-11,13-15,18H,12,25H2,1-4H3/t14-,15-,18-/m0/s1. The van der Waals surface area contributed by atoms with Gasteiger partial charge in [0.15, 0.2) is 0 Å². The third-order valence-corrected chi connectivity index (χ3v) is 5.23. The average Bonchev–Trinajstić information content (AvgIpc) is 2.62. The number of hydrogen-bond acceptors (Lipinski definition) is 4. The summed E-state index contributed by atoms with van der Waals surface area (Å²) in [5, 5.41) is 0.967. The molecule has 0 radical (unpaired) electrons. The number of carbonyl (C=O) groups is 1. The van der Waals surface area contributed by atoms with Gasteiger partial charge in [0.1, 0.15) is 23.5 Å². The molecule has 0 aliphatic rings. The molecular formula is C22H27Cl2NO3. The van der Waals surface area contributed by atoms with Crippen LogP contribution in [-0.2, 0) is 16.0 Å². The first kappa shape index (κ1) is 22.5. The number of nitrogens with two attached hydrogens (primary N) is 1. The van der Waals surface area contributed by atoms with Gasteiger partial charge in [0.2, 0.25) is 0 Å². The summed E-state index contributed by atoms with van der Waals surface area (Å²) >= 11 is 12.3. The molecule has 0 fully saturated rings. The first-order valence-corrected chi connectivity index (χ1v) is 10.00. The van der Waals surface area contributed by atoms with Crippen molar-refractivity contribution in [2.45, 2.75) is 51.9 Å². The normalized spacial score (nSPS) is 14.8. The Morgan fingerprint density at radius 3 is 2.32 bits per heavy atom. The van der Waals surface area contributed by atoms with Crippen LogP contribution in [0.2, 0.25) is 10.0 Å². The molecule has 2 N–H and O–H groups in total. The molecule has 2 aromatic rings. The molecule has 0 aliphatic carbocycles. The predicted molar refractivity (Wildman–Crippen MR) is 114 cm³/mol. The van der Waals surface area contributed by atoms with E-state index in [0.29, 0.717) is 22.2 Å². The highest BCUT2D eigenvalue weighted by atomic mass is 35.5. The fourth-order valence-electron chi connectivity index (χ4n) is 3.13. The Morgan fingerprint density at radius 1 is 1.11 bits per heavy atom. The van der Waals surface area contributed by atoms with Crippen LogP contribution >= 0.6 is 23.2 Å². The molecule has 0 unspecified atom stereocenters. The first-order chi connectivity index (χ1) is 13.1. The maximum atomic E-state index is 12.1. The van der Waals surface area contributed by atoms with Crippen molar-refractivity contribution >= 4 is 29.2 Å². The number of hydrogen-bond donors (Lipinski definition) is 1. The van der Waals surface area contributed by atoms with Gasteiger partial charge in [-0.2, -0.15) is 0 Å². The van der Waals surface area contributed by atoms with Crippen LogP contribution in [0.3, 0.4) is 0 Å². The second kappa shape index (κ2) is 9.64. The topological polar surface area (TPSA) is 61.6 Å². The third-order valence-electron chi connectivity index (χ3n) is 4.70. The Bertz CT molecular complexity index is 794. The van der Waals surface area contributed by atoms with Crippen LogP contribution in [0.1, 0.15) is 33.3 Å². The van der Waals surface area contributed by atoms with Crippen LogP contribution in [0.4, 0.5) is 0 Å². The third kappa shape index (κ3) is 6.13. The van der Waals surface area contributed by atoms with Gasteiger partial charge in [-0.1, -0.05) is 53.5 Å². The van der Waals surface area contributed by atoms with Crippen LogP contribution in [0.25, 0.3) is 0 Å². The molecule has 2 rings (SSSR count). The summed E-state index contributed by atoms with van der Waals surface area (Å²) in [4.78, 5) is 12.1. The number of esters is 1. The minimum absolute atomic E-state index is 0.149. The molecule has 2 aromatic carbocycles. The molecule has 4 nitrogen and oxygen atoms in total. The number of rotatable bonds is 8. The monoisotopic (exact) mass is 423 g/mol. The lowest BCUT2D eigenvalue weighted by atomic mass is 9.81. The Hall–Kier alpha value is -1.75. The molecule has 0 saturated heterocycles. The van der Waals surface area contributed by atoms with E-state index in [0.717, 1.165) is 5.56 Å². The van der Waals surface area contributed by atoms with Gasteiger partial charge in [-0.25, -0.2) is 0 Å². The van der Waals surface area contributed by atoms with Crippen molar-refractivity contribution in [2.24, 2.45) is 11.7 Å². The number of benzene rings is 2. The van der Waals surface area contributed by atoms with Crippen molar-refractivity contribution in [1.29, 1.82) is 0 Å². The minimum Gasteiger partial charge on any atom is -0.486 e. The molecule has 0 heterocycles. The summed E-state index contributed by atoms with van der Waals surface area (Å²) in [5.74, 6) is -0.0601. The lowest BCUT2D eigenvalue weighted by molar-refractivity contribution is -0.156. The molecule has 152 valence electrons. The van der Waals surface area contributed by atoms with Gasteiger partial charge in [0.25, 0.3) is 0 Å². The second-order valence-electron chi connectivity index (χ2n) is 7.51. The molecule has 0 spiro atoms. The predicted octanol–water partition coefficient (Wildman–Crippen LogP) is 5.29. The van der Waals surface area contributed by atoms with Gasteiger partial charge in [0, 0.05) is 10.9 Å². The van der Waals surface area contributed by atoms with Crippen LogP contribution in [0.15, 0.2) is 48.5 Å². The Morgan fingerprint density at radius 2 is 1.75 bits per heavy atom. The lowest BCUT2D eigenvalue weighted by Crippen LogP contribution is -2.47. The van der Waals surface area contributed by atoms with E-state index >= 15 is 0 Å². The maximum absolute atomic E-state index is 12.1. The van der Waals surface area contributed by atoms with Crippen molar-refractivity contribution in [3.8, 4) is 5.75 Å². The SMILES string of the molecule is C[C@H](N)C(=O)O[C@@H](C)[C@H](Cc1ccccc1)C(C)(C)Oc1ccc(Cl)cc1Cl. The van der Waals surface area contributed by atoms with Crippen LogP contribution < -0.4 is 10.5 Å². The van der Waals surface area contributed by atoms with Crippen molar-refractivity contribution in [3.63, 3.8) is 0 Å². The highest BCUT2D eigenvalue weighted by molar-refractivity contribution is 6.35.